The zero-order valence-electron chi connectivity index (χ0n) is 12.4. The highest BCUT2D eigenvalue weighted by atomic mass is 19.1. The van der Waals surface area contributed by atoms with Crippen molar-refractivity contribution in [3.8, 4) is 0 Å². The average molecular weight is 320 g/mol. The number of fused-ring (bicyclic) bond motifs is 1. The number of carbonyl (C=O) groups is 3. The molecule has 1 aromatic rings. The van der Waals surface area contributed by atoms with Crippen molar-refractivity contribution in [3.05, 3.63) is 34.1 Å². The number of Topliss-reactive ketones (excluding diaryl/α,β-unsaturated/α-hetero) is 1. The number of ether oxygens (including phenoxy) is 1. The van der Waals surface area contributed by atoms with Crippen LogP contribution in [0.5, 0.6) is 0 Å². The van der Waals surface area contributed by atoms with Crippen molar-refractivity contribution in [1.29, 1.82) is 0 Å². The molecule has 2 aliphatic rings. The summed E-state index contributed by atoms with van der Waals surface area (Å²) in [6, 6.07) is 1.21. The molecule has 2 amide bonds. The van der Waals surface area contributed by atoms with Crippen LogP contribution in [0.4, 0.5) is 9.18 Å². The molecule has 0 radical (unpaired) electrons. The van der Waals surface area contributed by atoms with Gasteiger partial charge in [0.05, 0.1) is 6.42 Å². The Morgan fingerprint density at radius 2 is 1.96 bits per heavy atom. The van der Waals surface area contributed by atoms with Crippen LogP contribution < -0.4 is 11.5 Å². The first-order chi connectivity index (χ1) is 10.9. The molecule has 0 aliphatic heterocycles. The molecule has 0 bridgehead atoms. The Kier molecular flexibility index (Phi) is 3.79. The van der Waals surface area contributed by atoms with Crippen LogP contribution in [-0.4, -0.2) is 23.9 Å². The Labute approximate surface area is 132 Å². The van der Waals surface area contributed by atoms with Gasteiger partial charge < -0.3 is 16.2 Å². The topological polar surface area (TPSA) is 112 Å². The molecule has 1 unspecified atom stereocenters. The molecule has 2 aliphatic carbocycles. The van der Waals surface area contributed by atoms with Crippen molar-refractivity contribution in [2.45, 2.75) is 44.1 Å². The molecule has 23 heavy (non-hydrogen) atoms. The summed E-state index contributed by atoms with van der Waals surface area (Å²) in [6.45, 7) is 0. The fourth-order valence-corrected chi connectivity index (χ4v) is 3.30. The lowest BCUT2D eigenvalue weighted by atomic mass is 9.80. The summed E-state index contributed by atoms with van der Waals surface area (Å²) in [5.41, 5.74) is 11.9. The average Bonchev–Trinajstić information content (AvgIpc) is 3.25. The molecule has 0 spiro atoms. The quantitative estimate of drug-likeness (QED) is 0.871. The van der Waals surface area contributed by atoms with Gasteiger partial charge in [-0.1, -0.05) is 0 Å². The molecule has 3 rings (SSSR count). The second-order valence-electron chi connectivity index (χ2n) is 6.03. The maximum atomic E-state index is 14.4. The van der Waals surface area contributed by atoms with Gasteiger partial charge in [-0.3, -0.25) is 9.59 Å². The molecule has 0 aromatic heterocycles. The van der Waals surface area contributed by atoms with Gasteiger partial charge in [0.2, 0.25) is 11.7 Å². The number of hydrogen-bond donors (Lipinski definition) is 2. The van der Waals surface area contributed by atoms with Gasteiger partial charge in [-0.25, -0.2) is 9.18 Å². The third kappa shape index (κ3) is 2.91. The van der Waals surface area contributed by atoms with Crippen molar-refractivity contribution in [2.24, 2.45) is 11.5 Å². The molecule has 0 saturated heterocycles. The number of nitrogens with two attached hydrogens (primary N) is 2. The largest absolute Gasteiger partial charge is 0.438 e. The zero-order valence-corrected chi connectivity index (χ0v) is 12.4. The minimum atomic E-state index is -1.03. The third-order valence-corrected chi connectivity index (χ3v) is 4.31. The van der Waals surface area contributed by atoms with E-state index >= 15 is 0 Å². The summed E-state index contributed by atoms with van der Waals surface area (Å²) in [5.74, 6) is -1.38. The molecule has 1 fully saturated rings. The summed E-state index contributed by atoms with van der Waals surface area (Å²) in [5, 5.41) is 0. The first-order valence-corrected chi connectivity index (χ1v) is 7.51. The number of amides is 2. The van der Waals surface area contributed by atoms with Gasteiger partial charge in [0.1, 0.15) is 5.82 Å². The maximum absolute atomic E-state index is 14.4. The monoisotopic (exact) mass is 320 g/mol. The number of benzene rings is 1. The normalized spacial score (nSPS) is 20.0. The van der Waals surface area contributed by atoms with Gasteiger partial charge in [-0.2, -0.15) is 0 Å². The minimum absolute atomic E-state index is 0.118. The van der Waals surface area contributed by atoms with Crippen LogP contribution in [0.15, 0.2) is 6.07 Å². The van der Waals surface area contributed by atoms with Crippen molar-refractivity contribution in [3.63, 3.8) is 0 Å². The number of halogens is 1. The van der Waals surface area contributed by atoms with Crippen molar-refractivity contribution in [2.75, 3.05) is 0 Å². The molecule has 122 valence electrons. The van der Waals surface area contributed by atoms with Gasteiger partial charge in [0.25, 0.3) is 0 Å². The number of primary amides is 2. The van der Waals surface area contributed by atoms with Crippen LogP contribution in [0, 0.1) is 5.82 Å². The molecular formula is C16H17FN2O4. The lowest BCUT2D eigenvalue weighted by Gasteiger charge is -2.27. The van der Waals surface area contributed by atoms with Gasteiger partial charge >= 0.3 is 6.09 Å². The number of ketones is 1. The van der Waals surface area contributed by atoms with Gasteiger partial charge in [-0.15, -0.1) is 0 Å². The van der Waals surface area contributed by atoms with E-state index in [0.717, 1.165) is 12.8 Å². The fourth-order valence-electron chi connectivity index (χ4n) is 3.30. The van der Waals surface area contributed by atoms with Gasteiger partial charge in [-0.05, 0) is 54.4 Å². The lowest BCUT2D eigenvalue weighted by Crippen LogP contribution is -2.36. The molecule has 1 aromatic carbocycles. The summed E-state index contributed by atoms with van der Waals surface area (Å²) in [4.78, 5) is 34.8. The number of hydrogen-bond acceptors (Lipinski definition) is 4. The zero-order chi connectivity index (χ0) is 16.7. The van der Waals surface area contributed by atoms with E-state index in [9.17, 15) is 18.8 Å². The van der Waals surface area contributed by atoms with Gasteiger partial charge in [0, 0.05) is 5.56 Å². The molecule has 1 atom stereocenters. The van der Waals surface area contributed by atoms with E-state index in [4.69, 9.17) is 16.2 Å². The smallest absolute Gasteiger partial charge is 0.405 e. The summed E-state index contributed by atoms with van der Waals surface area (Å²) in [6.07, 6.45) is 0.153. The fraction of sp³-hybridized carbons (Fsp3) is 0.438. The van der Waals surface area contributed by atoms with E-state index in [1.807, 2.05) is 0 Å². The minimum Gasteiger partial charge on any atom is -0.438 e. The van der Waals surface area contributed by atoms with Crippen LogP contribution >= 0.6 is 0 Å². The Balaban J connectivity index is 2.10. The summed E-state index contributed by atoms with van der Waals surface area (Å²) >= 11 is 0. The molecule has 0 heterocycles. The Bertz CT molecular complexity index is 713. The van der Waals surface area contributed by atoms with Crippen LogP contribution in [-0.2, 0) is 22.4 Å². The molecule has 1 saturated carbocycles. The Morgan fingerprint density at radius 1 is 1.26 bits per heavy atom. The number of rotatable bonds is 4. The van der Waals surface area contributed by atoms with E-state index < -0.39 is 29.7 Å². The second-order valence-corrected chi connectivity index (χ2v) is 6.03. The van der Waals surface area contributed by atoms with Crippen LogP contribution in [0.3, 0.4) is 0 Å². The van der Waals surface area contributed by atoms with E-state index in [-0.39, 0.29) is 29.9 Å². The third-order valence-electron chi connectivity index (χ3n) is 4.31. The van der Waals surface area contributed by atoms with E-state index in [1.165, 1.54) is 6.07 Å². The summed E-state index contributed by atoms with van der Waals surface area (Å²) < 4.78 is 19.3. The highest BCUT2D eigenvalue weighted by Crippen LogP contribution is 2.46. The molecule has 6 nitrogen and oxygen atoms in total. The highest BCUT2D eigenvalue weighted by molar-refractivity contribution is 6.05. The number of carbonyl (C=O) groups excluding carboxylic acids is 3. The van der Waals surface area contributed by atoms with Crippen molar-refractivity contribution in [1.82, 2.24) is 0 Å². The first-order valence-electron chi connectivity index (χ1n) is 7.51. The predicted molar refractivity (Wildman–Crippen MR) is 78.4 cm³/mol. The van der Waals surface area contributed by atoms with Crippen LogP contribution in [0.1, 0.15) is 52.2 Å². The van der Waals surface area contributed by atoms with Crippen LogP contribution in [0.2, 0.25) is 0 Å². The van der Waals surface area contributed by atoms with E-state index in [0.29, 0.717) is 17.5 Å². The van der Waals surface area contributed by atoms with Crippen molar-refractivity contribution < 1.29 is 23.5 Å². The molecule has 7 heteroatoms. The van der Waals surface area contributed by atoms with E-state index in [2.05, 4.69) is 0 Å². The maximum Gasteiger partial charge on any atom is 0.405 e. The highest BCUT2D eigenvalue weighted by Gasteiger charge is 2.38. The first kappa shape index (κ1) is 15.5. The van der Waals surface area contributed by atoms with E-state index in [1.54, 1.807) is 0 Å². The SMILES string of the molecule is NC(=O)Cc1cc(F)c(C2CC2)c2c1C(=O)C(OC(N)=O)CC2. The Morgan fingerprint density at radius 3 is 2.52 bits per heavy atom. The lowest BCUT2D eigenvalue weighted by molar-refractivity contribution is -0.117. The molecule has 4 N–H and O–H groups in total. The standard InChI is InChI=1S/C16H17FN2O4/c17-10-5-8(6-12(18)20)14-9(13(10)7-1-2-7)3-4-11(15(14)21)23-16(19)22/h5,7,11H,1-4,6H2,(H2,18,20)(H2,19,22). The van der Waals surface area contributed by atoms with Crippen molar-refractivity contribution >= 4 is 17.8 Å². The Hall–Kier alpha value is -2.44. The van der Waals surface area contributed by atoms with Gasteiger partial charge in [0.15, 0.2) is 6.10 Å². The second kappa shape index (κ2) is 5.64. The molecular weight excluding hydrogens is 303 g/mol. The van der Waals surface area contributed by atoms with Crippen LogP contribution in [0.25, 0.3) is 0 Å². The summed E-state index contributed by atoms with van der Waals surface area (Å²) in [7, 11) is 0. The predicted octanol–water partition coefficient (Wildman–Crippen LogP) is 1.32.